The van der Waals surface area contributed by atoms with Crippen LogP contribution in [0.5, 0.6) is 0 Å². The molecule has 0 radical (unpaired) electrons. The number of benzene rings is 1. The molecule has 1 N–H and O–H groups in total. The Bertz CT molecular complexity index is 537. The monoisotopic (exact) mass is 315 g/mol. The normalized spacial score (nSPS) is 20.5. The molecule has 0 aliphatic carbocycles. The summed E-state index contributed by atoms with van der Waals surface area (Å²) >= 11 is 0. The molecular weight excluding hydrogens is 286 g/mol. The number of nitrogens with one attached hydrogen (secondary N) is 1. The standard InChI is InChI=1S/C19H29N3O/c1-15(21-12-8-16(9-13-21)7-11-20-2)19(23)22-14-10-17-5-3-4-6-18(17)22/h3-6,15-16,20H,7-14H2,1-2H3. The number of fused-ring (bicyclic) bond motifs is 1. The van der Waals surface area contributed by atoms with E-state index < -0.39 is 0 Å². The maximum Gasteiger partial charge on any atom is 0.244 e. The zero-order valence-electron chi connectivity index (χ0n) is 14.4. The van der Waals surface area contributed by atoms with Crippen molar-refractivity contribution in [2.24, 2.45) is 5.92 Å². The van der Waals surface area contributed by atoms with Gasteiger partial charge >= 0.3 is 0 Å². The quantitative estimate of drug-likeness (QED) is 0.905. The molecule has 1 unspecified atom stereocenters. The molecule has 23 heavy (non-hydrogen) atoms. The van der Waals surface area contributed by atoms with Gasteiger partial charge in [-0.05, 0) is 76.8 Å². The first-order valence-electron chi connectivity index (χ1n) is 8.98. The number of para-hydroxylation sites is 1. The van der Waals surface area contributed by atoms with Crippen molar-refractivity contribution in [3.63, 3.8) is 0 Å². The predicted molar refractivity (Wildman–Crippen MR) is 94.8 cm³/mol. The van der Waals surface area contributed by atoms with E-state index in [1.54, 1.807) is 0 Å². The number of hydrogen-bond acceptors (Lipinski definition) is 3. The van der Waals surface area contributed by atoms with Crippen LogP contribution in [-0.4, -0.2) is 50.1 Å². The molecule has 3 rings (SSSR count). The molecule has 0 bridgehead atoms. The Kier molecular flexibility index (Phi) is 5.34. The van der Waals surface area contributed by atoms with Gasteiger partial charge in [-0.1, -0.05) is 18.2 Å². The molecule has 4 heteroatoms. The fraction of sp³-hybridized carbons (Fsp3) is 0.632. The molecule has 0 aromatic heterocycles. The molecule has 2 aliphatic heterocycles. The average Bonchev–Trinajstić information content (AvgIpc) is 3.03. The highest BCUT2D eigenvalue weighted by Crippen LogP contribution is 2.29. The summed E-state index contributed by atoms with van der Waals surface area (Å²) in [4.78, 5) is 17.3. The number of rotatable bonds is 5. The Hall–Kier alpha value is -1.39. The van der Waals surface area contributed by atoms with Crippen molar-refractivity contribution in [3.05, 3.63) is 29.8 Å². The first-order valence-corrected chi connectivity index (χ1v) is 8.98. The molecule has 0 spiro atoms. The largest absolute Gasteiger partial charge is 0.320 e. The highest BCUT2D eigenvalue weighted by atomic mass is 16.2. The fourth-order valence-corrected chi connectivity index (χ4v) is 3.93. The van der Waals surface area contributed by atoms with Gasteiger partial charge < -0.3 is 10.2 Å². The van der Waals surface area contributed by atoms with Crippen LogP contribution in [0.4, 0.5) is 5.69 Å². The summed E-state index contributed by atoms with van der Waals surface area (Å²) in [7, 11) is 2.02. The number of piperidine rings is 1. The molecule has 2 heterocycles. The SMILES string of the molecule is CNCCC1CCN(C(C)C(=O)N2CCc3ccccc32)CC1. The van der Waals surface area contributed by atoms with Crippen LogP contribution in [-0.2, 0) is 11.2 Å². The van der Waals surface area contributed by atoms with Crippen molar-refractivity contribution in [2.45, 2.75) is 38.6 Å². The van der Waals surface area contributed by atoms with Crippen molar-refractivity contribution in [3.8, 4) is 0 Å². The average molecular weight is 315 g/mol. The van der Waals surface area contributed by atoms with Crippen LogP contribution in [0.15, 0.2) is 24.3 Å². The van der Waals surface area contributed by atoms with E-state index in [0.717, 1.165) is 44.2 Å². The lowest BCUT2D eigenvalue weighted by Crippen LogP contribution is -2.49. The smallest absolute Gasteiger partial charge is 0.244 e. The first kappa shape index (κ1) is 16.5. The highest BCUT2D eigenvalue weighted by molar-refractivity contribution is 5.98. The van der Waals surface area contributed by atoms with Gasteiger partial charge in [0.15, 0.2) is 0 Å². The lowest BCUT2D eigenvalue weighted by atomic mass is 9.92. The summed E-state index contributed by atoms with van der Waals surface area (Å²) in [6.07, 6.45) is 4.68. The second-order valence-electron chi connectivity index (χ2n) is 6.92. The molecule has 0 saturated carbocycles. The van der Waals surface area contributed by atoms with Crippen molar-refractivity contribution < 1.29 is 4.79 Å². The minimum absolute atomic E-state index is 0.00796. The Balaban J connectivity index is 1.57. The van der Waals surface area contributed by atoms with Gasteiger partial charge in [-0.25, -0.2) is 0 Å². The first-order chi connectivity index (χ1) is 11.2. The zero-order valence-corrected chi connectivity index (χ0v) is 14.4. The van der Waals surface area contributed by atoms with E-state index in [2.05, 4.69) is 35.3 Å². The number of likely N-dealkylation sites (tertiary alicyclic amines) is 1. The highest BCUT2D eigenvalue weighted by Gasteiger charge is 2.32. The van der Waals surface area contributed by atoms with Crippen molar-refractivity contribution in [1.29, 1.82) is 0 Å². The Morgan fingerprint density at radius 3 is 2.74 bits per heavy atom. The van der Waals surface area contributed by atoms with Crippen LogP contribution in [0.2, 0.25) is 0 Å². The molecule has 1 atom stereocenters. The molecule has 4 nitrogen and oxygen atoms in total. The van der Waals surface area contributed by atoms with Crippen LogP contribution in [0.25, 0.3) is 0 Å². The van der Waals surface area contributed by atoms with E-state index in [1.165, 1.54) is 24.8 Å². The van der Waals surface area contributed by atoms with Gasteiger partial charge in [0.1, 0.15) is 0 Å². The Morgan fingerprint density at radius 2 is 2.00 bits per heavy atom. The molecular formula is C19H29N3O. The Labute approximate surface area is 139 Å². The summed E-state index contributed by atoms with van der Waals surface area (Å²) in [6.45, 7) is 6.12. The third-order valence-electron chi connectivity index (χ3n) is 5.51. The summed E-state index contributed by atoms with van der Waals surface area (Å²) in [5, 5.41) is 3.24. The molecule has 126 valence electrons. The summed E-state index contributed by atoms with van der Waals surface area (Å²) < 4.78 is 0. The Morgan fingerprint density at radius 1 is 1.26 bits per heavy atom. The van der Waals surface area contributed by atoms with Gasteiger partial charge in [0.25, 0.3) is 0 Å². The minimum Gasteiger partial charge on any atom is -0.320 e. The number of carbonyl (C=O) groups excluding carboxylic acids is 1. The van der Waals surface area contributed by atoms with E-state index in [9.17, 15) is 4.79 Å². The lowest BCUT2D eigenvalue weighted by molar-refractivity contribution is -0.123. The van der Waals surface area contributed by atoms with Crippen LogP contribution >= 0.6 is 0 Å². The number of carbonyl (C=O) groups is 1. The van der Waals surface area contributed by atoms with Gasteiger partial charge in [-0.15, -0.1) is 0 Å². The summed E-state index contributed by atoms with van der Waals surface area (Å²) in [6, 6.07) is 8.30. The van der Waals surface area contributed by atoms with Gasteiger partial charge in [0, 0.05) is 12.2 Å². The van der Waals surface area contributed by atoms with Crippen LogP contribution in [0.3, 0.4) is 0 Å². The van der Waals surface area contributed by atoms with Crippen molar-refractivity contribution >= 4 is 11.6 Å². The molecule has 1 aromatic rings. The minimum atomic E-state index is -0.00796. The summed E-state index contributed by atoms with van der Waals surface area (Å²) in [5.74, 6) is 1.08. The van der Waals surface area contributed by atoms with Gasteiger partial charge in [0.2, 0.25) is 5.91 Å². The topological polar surface area (TPSA) is 35.6 Å². The predicted octanol–water partition coefficient (Wildman–Crippen LogP) is 2.29. The second kappa shape index (κ2) is 7.45. The molecule has 1 aromatic carbocycles. The molecule has 1 fully saturated rings. The summed E-state index contributed by atoms with van der Waals surface area (Å²) in [5.41, 5.74) is 2.42. The van der Waals surface area contributed by atoms with Gasteiger partial charge in [0.05, 0.1) is 6.04 Å². The van der Waals surface area contributed by atoms with Crippen molar-refractivity contribution in [1.82, 2.24) is 10.2 Å². The van der Waals surface area contributed by atoms with Gasteiger partial charge in [-0.2, -0.15) is 0 Å². The van der Waals surface area contributed by atoms with E-state index in [-0.39, 0.29) is 11.9 Å². The van der Waals surface area contributed by atoms with Crippen LogP contribution in [0.1, 0.15) is 31.7 Å². The van der Waals surface area contributed by atoms with Crippen LogP contribution in [0, 0.1) is 5.92 Å². The fourth-order valence-electron chi connectivity index (χ4n) is 3.93. The van der Waals surface area contributed by atoms with E-state index in [1.807, 2.05) is 18.0 Å². The maximum absolute atomic E-state index is 12.9. The van der Waals surface area contributed by atoms with Crippen molar-refractivity contribution in [2.75, 3.05) is 38.1 Å². The van der Waals surface area contributed by atoms with Gasteiger partial charge in [-0.3, -0.25) is 9.69 Å². The molecule has 2 aliphatic rings. The third-order valence-corrected chi connectivity index (χ3v) is 5.51. The second-order valence-corrected chi connectivity index (χ2v) is 6.92. The lowest BCUT2D eigenvalue weighted by Gasteiger charge is -2.36. The zero-order chi connectivity index (χ0) is 16.2. The number of amides is 1. The van der Waals surface area contributed by atoms with E-state index >= 15 is 0 Å². The van der Waals surface area contributed by atoms with Crippen LogP contribution < -0.4 is 10.2 Å². The number of anilines is 1. The third kappa shape index (κ3) is 3.59. The molecule has 1 amide bonds. The van der Waals surface area contributed by atoms with E-state index in [4.69, 9.17) is 0 Å². The number of hydrogen-bond donors (Lipinski definition) is 1. The molecule has 1 saturated heterocycles. The van der Waals surface area contributed by atoms with E-state index in [0.29, 0.717) is 0 Å². The maximum atomic E-state index is 12.9. The number of nitrogens with zero attached hydrogens (tertiary/aromatic N) is 2.